The van der Waals surface area contributed by atoms with Crippen molar-refractivity contribution < 1.29 is 31.5 Å². The van der Waals surface area contributed by atoms with Gasteiger partial charge in [-0.2, -0.15) is 13.2 Å². The number of amides is 1. The normalized spacial score (nSPS) is 14.4. The van der Waals surface area contributed by atoms with Crippen LogP contribution in [-0.2, 0) is 15.4 Å². The summed E-state index contributed by atoms with van der Waals surface area (Å²) in [5.74, 6) is -0.670. The molecule has 158 valence electrons. The Morgan fingerprint density at radius 2 is 1.59 bits per heavy atom. The number of rotatable bonds is 7. The van der Waals surface area contributed by atoms with Crippen LogP contribution in [0.1, 0.15) is 36.2 Å². The van der Waals surface area contributed by atoms with Crippen molar-refractivity contribution in [2.75, 3.05) is 6.54 Å². The molecular weight excluding hydrogens is 407 g/mol. The fraction of sp³-hybridized carbons (Fsp3) is 0.350. The second-order valence-electron chi connectivity index (χ2n) is 6.85. The van der Waals surface area contributed by atoms with E-state index in [4.69, 9.17) is 0 Å². The van der Waals surface area contributed by atoms with Gasteiger partial charge < -0.3 is 10.4 Å². The van der Waals surface area contributed by atoms with Gasteiger partial charge >= 0.3 is 6.18 Å². The molecule has 2 rings (SSSR count). The van der Waals surface area contributed by atoms with E-state index in [1.165, 1.54) is 68.4 Å². The predicted molar refractivity (Wildman–Crippen MR) is 102 cm³/mol. The molecule has 0 aliphatic rings. The second-order valence-corrected chi connectivity index (χ2v) is 9.35. The molecule has 0 saturated heterocycles. The molecule has 1 amide bonds. The molecule has 0 radical (unpaired) electrons. The summed E-state index contributed by atoms with van der Waals surface area (Å²) in [7, 11) is -3.49. The number of sulfone groups is 1. The van der Waals surface area contributed by atoms with Crippen LogP contribution in [0.25, 0.3) is 0 Å². The van der Waals surface area contributed by atoms with E-state index >= 15 is 0 Å². The van der Waals surface area contributed by atoms with E-state index in [-0.39, 0.29) is 16.0 Å². The van der Waals surface area contributed by atoms with Crippen LogP contribution in [0.2, 0.25) is 0 Å². The topological polar surface area (TPSA) is 83.5 Å². The van der Waals surface area contributed by atoms with Crippen molar-refractivity contribution in [2.45, 2.75) is 42.2 Å². The average molecular weight is 429 g/mol. The molecule has 0 spiro atoms. The second kappa shape index (κ2) is 8.54. The number of aliphatic hydroxyl groups is 1. The molecule has 0 heterocycles. The van der Waals surface area contributed by atoms with E-state index in [1.54, 1.807) is 0 Å². The Labute approximate surface area is 167 Å². The van der Waals surface area contributed by atoms with E-state index in [0.29, 0.717) is 0 Å². The van der Waals surface area contributed by atoms with Gasteiger partial charge in [0.1, 0.15) is 0 Å². The van der Waals surface area contributed by atoms with E-state index in [1.807, 2.05) is 0 Å². The average Bonchev–Trinajstić information content (AvgIpc) is 2.67. The van der Waals surface area contributed by atoms with Gasteiger partial charge in [0.15, 0.2) is 15.4 Å². The lowest BCUT2D eigenvalue weighted by molar-refractivity contribution is -0.268. The Kier molecular flexibility index (Phi) is 6.74. The predicted octanol–water partition coefficient (Wildman–Crippen LogP) is 3.44. The summed E-state index contributed by atoms with van der Waals surface area (Å²) in [6.45, 7) is 2.63. The molecule has 9 heteroatoms. The van der Waals surface area contributed by atoms with Crippen molar-refractivity contribution in [3.63, 3.8) is 0 Å². The highest BCUT2D eigenvalue weighted by molar-refractivity contribution is 7.92. The number of alkyl halides is 3. The molecule has 2 N–H and O–H groups in total. The van der Waals surface area contributed by atoms with E-state index in [2.05, 4.69) is 5.32 Å². The third-order valence-corrected chi connectivity index (χ3v) is 6.73. The highest BCUT2D eigenvalue weighted by atomic mass is 32.2. The van der Waals surface area contributed by atoms with Gasteiger partial charge in [-0.05, 0) is 43.7 Å². The molecular formula is C20H22F3NO4S. The first-order valence-corrected chi connectivity index (χ1v) is 10.4. The summed E-state index contributed by atoms with van der Waals surface area (Å²) in [6, 6.07) is 11.8. The molecule has 0 aliphatic carbocycles. The third kappa shape index (κ3) is 4.97. The number of hydrogen-bond donors (Lipinski definition) is 2. The first-order chi connectivity index (χ1) is 13.4. The molecule has 0 aromatic heterocycles. The van der Waals surface area contributed by atoms with E-state index in [9.17, 15) is 31.5 Å². The van der Waals surface area contributed by atoms with Gasteiger partial charge in [-0.3, -0.25) is 4.79 Å². The van der Waals surface area contributed by atoms with Gasteiger partial charge in [0.25, 0.3) is 5.91 Å². The third-order valence-electron chi connectivity index (χ3n) is 4.56. The molecule has 0 saturated carbocycles. The highest BCUT2D eigenvalue weighted by Crippen LogP contribution is 2.41. The molecule has 0 aliphatic heterocycles. The zero-order chi connectivity index (χ0) is 21.9. The van der Waals surface area contributed by atoms with Crippen LogP contribution in [0, 0.1) is 0 Å². The standard InChI is InChI=1S/C20H22F3NO4S/c1-14(2)29(27,28)17-10-8-15(9-11-17)18(25)24-13-12-19(26,20(21,22)23)16-6-4-3-5-7-16/h3-11,14,26H,12-13H2,1-2H3,(H,24,25)/t19-/m1/s1. The minimum atomic E-state index is -4.92. The monoisotopic (exact) mass is 429 g/mol. The van der Waals surface area contributed by atoms with Crippen molar-refractivity contribution in [1.29, 1.82) is 0 Å². The number of carbonyl (C=O) groups excluding carboxylic acids is 1. The number of hydrogen-bond acceptors (Lipinski definition) is 4. The van der Waals surface area contributed by atoms with Crippen LogP contribution in [-0.4, -0.2) is 37.4 Å². The van der Waals surface area contributed by atoms with Gasteiger partial charge in [0, 0.05) is 18.5 Å². The van der Waals surface area contributed by atoms with Crippen LogP contribution in [0.5, 0.6) is 0 Å². The quantitative estimate of drug-likeness (QED) is 0.706. The Bertz CT molecular complexity index is 942. The highest BCUT2D eigenvalue weighted by Gasteiger charge is 2.54. The van der Waals surface area contributed by atoms with Gasteiger partial charge in [-0.25, -0.2) is 8.42 Å². The van der Waals surface area contributed by atoms with Crippen LogP contribution < -0.4 is 5.32 Å². The van der Waals surface area contributed by atoms with E-state index in [0.717, 1.165) is 0 Å². The molecule has 0 bridgehead atoms. The fourth-order valence-electron chi connectivity index (χ4n) is 2.69. The Morgan fingerprint density at radius 1 is 1.03 bits per heavy atom. The Morgan fingerprint density at radius 3 is 2.07 bits per heavy atom. The van der Waals surface area contributed by atoms with Crippen molar-refractivity contribution in [2.24, 2.45) is 0 Å². The minimum absolute atomic E-state index is 0.0552. The molecule has 2 aromatic rings. The molecule has 2 aromatic carbocycles. The van der Waals surface area contributed by atoms with Gasteiger partial charge in [0.05, 0.1) is 10.1 Å². The van der Waals surface area contributed by atoms with Crippen molar-refractivity contribution in [3.8, 4) is 0 Å². The van der Waals surface area contributed by atoms with Crippen LogP contribution in [0.15, 0.2) is 59.5 Å². The van der Waals surface area contributed by atoms with Gasteiger partial charge in [-0.1, -0.05) is 30.3 Å². The first-order valence-electron chi connectivity index (χ1n) is 8.86. The number of nitrogens with one attached hydrogen (secondary N) is 1. The van der Waals surface area contributed by atoms with Crippen molar-refractivity contribution >= 4 is 15.7 Å². The lowest BCUT2D eigenvalue weighted by Crippen LogP contribution is -2.45. The molecule has 29 heavy (non-hydrogen) atoms. The maximum Gasteiger partial charge on any atom is 0.421 e. The number of benzene rings is 2. The first kappa shape index (κ1) is 22.9. The summed E-state index contributed by atoms with van der Waals surface area (Å²) in [4.78, 5) is 12.2. The summed E-state index contributed by atoms with van der Waals surface area (Å²) < 4.78 is 64.5. The van der Waals surface area contributed by atoms with Crippen LogP contribution in [0.3, 0.4) is 0 Å². The fourth-order valence-corrected chi connectivity index (χ4v) is 3.75. The largest absolute Gasteiger partial charge is 0.421 e. The van der Waals surface area contributed by atoms with E-state index < -0.39 is 45.7 Å². The smallest absolute Gasteiger partial charge is 0.376 e. The Hall–Kier alpha value is -2.39. The summed E-state index contributed by atoms with van der Waals surface area (Å²) >= 11 is 0. The van der Waals surface area contributed by atoms with Crippen molar-refractivity contribution in [1.82, 2.24) is 5.32 Å². The zero-order valence-corrected chi connectivity index (χ0v) is 16.7. The molecule has 1 atom stereocenters. The van der Waals surface area contributed by atoms with Crippen LogP contribution >= 0.6 is 0 Å². The molecule has 5 nitrogen and oxygen atoms in total. The maximum absolute atomic E-state index is 13.4. The summed E-state index contributed by atoms with van der Waals surface area (Å²) in [5, 5.41) is 11.9. The zero-order valence-electron chi connectivity index (χ0n) is 15.9. The minimum Gasteiger partial charge on any atom is -0.376 e. The lowest BCUT2D eigenvalue weighted by atomic mass is 9.89. The lowest BCUT2D eigenvalue weighted by Gasteiger charge is -2.31. The number of carbonyl (C=O) groups is 1. The van der Waals surface area contributed by atoms with Crippen molar-refractivity contribution in [3.05, 3.63) is 65.7 Å². The van der Waals surface area contributed by atoms with Crippen LogP contribution in [0.4, 0.5) is 13.2 Å². The SMILES string of the molecule is CC(C)S(=O)(=O)c1ccc(C(=O)NCC[C@@](O)(c2ccccc2)C(F)(F)F)cc1. The summed E-state index contributed by atoms with van der Waals surface area (Å²) in [6.07, 6.45) is -5.70. The molecule has 0 unspecified atom stereocenters. The Balaban J connectivity index is 2.08. The summed E-state index contributed by atoms with van der Waals surface area (Å²) in [5.41, 5.74) is -3.32. The molecule has 0 fully saturated rings. The van der Waals surface area contributed by atoms with Gasteiger partial charge in [0.2, 0.25) is 0 Å². The number of halogens is 3. The maximum atomic E-state index is 13.4. The van der Waals surface area contributed by atoms with Gasteiger partial charge in [-0.15, -0.1) is 0 Å².